The number of ether oxygens (including phenoxy) is 1. The second-order valence-electron chi connectivity index (χ2n) is 4.53. The molecule has 2 rings (SSSR count). The van der Waals surface area contributed by atoms with Crippen LogP contribution < -0.4 is 5.73 Å². The Bertz CT molecular complexity index is 501. The van der Waals surface area contributed by atoms with Crippen LogP contribution in [0.4, 0.5) is 5.69 Å². The molecule has 0 aromatic heterocycles. The first kappa shape index (κ1) is 14.8. The molecule has 1 aliphatic rings. The maximum absolute atomic E-state index is 10.7. The lowest BCUT2D eigenvalue weighted by atomic mass is 10.2. The number of hydrogen-bond acceptors (Lipinski definition) is 5. The van der Waals surface area contributed by atoms with Gasteiger partial charge in [0.1, 0.15) is 0 Å². The highest BCUT2D eigenvalue weighted by Gasteiger charge is 2.14. The van der Waals surface area contributed by atoms with Crippen LogP contribution in [0, 0.1) is 10.1 Å². The first-order chi connectivity index (χ1) is 9.65. The number of non-ortho nitro benzene ring substituents is 1. The lowest BCUT2D eigenvalue weighted by Crippen LogP contribution is -2.14. The van der Waals surface area contributed by atoms with Crippen LogP contribution in [-0.2, 0) is 10.5 Å². The molecule has 20 heavy (non-hydrogen) atoms. The van der Waals surface area contributed by atoms with Gasteiger partial charge in [0, 0.05) is 24.5 Å². The summed E-state index contributed by atoms with van der Waals surface area (Å²) in [5, 5.41) is 11.2. The summed E-state index contributed by atoms with van der Waals surface area (Å²) in [4.78, 5) is 14.6. The zero-order valence-electron chi connectivity index (χ0n) is 11.0. The Labute approximate surface area is 121 Å². The summed E-state index contributed by atoms with van der Waals surface area (Å²) in [5.74, 6) is 0.572. The van der Waals surface area contributed by atoms with Crippen LogP contribution in [0.3, 0.4) is 0 Å². The Balaban J connectivity index is 1.82. The highest BCUT2D eigenvalue weighted by molar-refractivity contribution is 8.13. The van der Waals surface area contributed by atoms with Gasteiger partial charge in [-0.3, -0.25) is 15.1 Å². The third kappa shape index (κ3) is 4.50. The van der Waals surface area contributed by atoms with Gasteiger partial charge in [-0.05, 0) is 18.4 Å². The molecular weight excluding hydrogens is 278 g/mol. The summed E-state index contributed by atoms with van der Waals surface area (Å²) in [6, 6.07) is 6.55. The van der Waals surface area contributed by atoms with E-state index >= 15 is 0 Å². The summed E-state index contributed by atoms with van der Waals surface area (Å²) in [6.07, 6.45) is 2.31. The molecule has 1 unspecified atom stereocenters. The smallest absolute Gasteiger partial charge is 0.269 e. The van der Waals surface area contributed by atoms with Gasteiger partial charge in [-0.1, -0.05) is 23.9 Å². The molecule has 0 amide bonds. The normalized spacial score (nSPS) is 19.2. The van der Waals surface area contributed by atoms with Gasteiger partial charge < -0.3 is 10.5 Å². The van der Waals surface area contributed by atoms with Crippen LogP contribution in [0.2, 0.25) is 0 Å². The van der Waals surface area contributed by atoms with Gasteiger partial charge >= 0.3 is 0 Å². The number of aliphatic imine (C=N–C) groups is 1. The van der Waals surface area contributed by atoms with Crippen LogP contribution in [0.1, 0.15) is 18.4 Å². The second kappa shape index (κ2) is 7.25. The van der Waals surface area contributed by atoms with Gasteiger partial charge in [0.25, 0.3) is 5.69 Å². The Morgan fingerprint density at radius 1 is 1.60 bits per heavy atom. The molecule has 1 atom stereocenters. The Morgan fingerprint density at radius 3 is 3.15 bits per heavy atom. The fourth-order valence-corrected chi connectivity index (χ4v) is 2.60. The maximum Gasteiger partial charge on any atom is 0.269 e. The number of amidine groups is 1. The minimum absolute atomic E-state index is 0.0953. The van der Waals surface area contributed by atoms with Crippen molar-refractivity contribution >= 4 is 22.6 Å². The number of nitro benzene ring substituents is 1. The minimum atomic E-state index is -0.400. The lowest BCUT2D eigenvalue weighted by Gasteiger charge is -2.06. The zero-order valence-corrected chi connectivity index (χ0v) is 11.8. The van der Waals surface area contributed by atoms with Gasteiger partial charge in [0.2, 0.25) is 0 Å². The van der Waals surface area contributed by atoms with E-state index in [0.29, 0.717) is 17.5 Å². The van der Waals surface area contributed by atoms with Crippen LogP contribution >= 0.6 is 11.8 Å². The summed E-state index contributed by atoms with van der Waals surface area (Å²) < 4.78 is 5.46. The minimum Gasteiger partial charge on any atom is -0.379 e. The molecule has 1 fully saturated rings. The number of nitrogens with zero attached hydrogens (tertiary/aromatic N) is 2. The number of thioether (sulfide) groups is 1. The second-order valence-corrected chi connectivity index (χ2v) is 5.53. The highest BCUT2D eigenvalue weighted by Crippen LogP contribution is 2.18. The van der Waals surface area contributed by atoms with Crippen molar-refractivity contribution in [2.45, 2.75) is 24.7 Å². The molecule has 1 saturated heterocycles. The molecule has 1 aromatic rings. The molecular formula is C13H17N3O3S. The van der Waals surface area contributed by atoms with Crippen LogP contribution in [0.25, 0.3) is 0 Å². The van der Waals surface area contributed by atoms with Gasteiger partial charge in [-0.25, -0.2) is 0 Å². The fourth-order valence-electron chi connectivity index (χ4n) is 1.94. The third-order valence-electron chi connectivity index (χ3n) is 2.98. The number of rotatable bonds is 5. The molecule has 1 aliphatic heterocycles. The average molecular weight is 295 g/mol. The van der Waals surface area contributed by atoms with Gasteiger partial charge in [-0.15, -0.1) is 0 Å². The van der Waals surface area contributed by atoms with Crippen molar-refractivity contribution in [2.75, 3.05) is 13.2 Å². The Kier molecular flexibility index (Phi) is 5.37. The van der Waals surface area contributed by atoms with E-state index in [1.54, 1.807) is 12.1 Å². The van der Waals surface area contributed by atoms with Crippen LogP contribution in [0.5, 0.6) is 0 Å². The molecule has 6 nitrogen and oxygen atoms in total. The SMILES string of the molecule is NC(=NCC1CCCO1)SCc1cccc([N+](=O)[O-])c1. The third-order valence-corrected chi connectivity index (χ3v) is 3.89. The van der Waals surface area contributed by atoms with Crippen molar-refractivity contribution in [3.8, 4) is 0 Å². The number of nitrogens with two attached hydrogens (primary N) is 1. The summed E-state index contributed by atoms with van der Waals surface area (Å²) in [5.41, 5.74) is 6.78. The highest BCUT2D eigenvalue weighted by atomic mass is 32.2. The topological polar surface area (TPSA) is 90.8 Å². The first-order valence-corrected chi connectivity index (χ1v) is 7.41. The molecule has 0 radical (unpaired) electrons. The number of nitro groups is 1. The molecule has 1 heterocycles. The molecule has 0 saturated carbocycles. The van der Waals surface area contributed by atoms with E-state index in [2.05, 4.69) is 4.99 Å². The summed E-state index contributed by atoms with van der Waals surface area (Å²) in [7, 11) is 0. The standard InChI is InChI=1S/C13H17N3O3S/c14-13(15-8-12-5-2-6-19-12)20-9-10-3-1-4-11(7-10)16(17)18/h1,3-4,7,12H,2,5-6,8-9H2,(H2,14,15). The van der Waals surface area contributed by atoms with Crippen molar-refractivity contribution in [2.24, 2.45) is 10.7 Å². The van der Waals surface area contributed by atoms with E-state index in [9.17, 15) is 10.1 Å². The molecule has 0 bridgehead atoms. The van der Waals surface area contributed by atoms with Gasteiger partial charge in [0.05, 0.1) is 17.6 Å². The van der Waals surface area contributed by atoms with Crippen molar-refractivity contribution in [3.63, 3.8) is 0 Å². The van der Waals surface area contributed by atoms with Crippen LogP contribution in [-0.4, -0.2) is 29.3 Å². The molecule has 0 aliphatic carbocycles. The van der Waals surface area contributed by atoms with Crippen molar-refractivity contribution < 1.29 is 9.66 Å². The lowest BCUT2D eigenvalue weighted by molar-refractivity contribution is -0.384. The molecule has 7 heteroatoms. The van der Waals surface area contributed by atoms with Gasteiger partial charge in [0.15, 0.2) is 5.17 Å². The Morgan fingerprint density at radius 2 is 2.45 bits per heavy atom. The van der Waals surface area contributed by atoms with Gasteiger partial charge in [-0.2, -0.15) is 0 Å². The van der Waals surface area contributed by atoms with Crippen molar-refractivity contribution in [3.05, 3.63) is 39.9 Å². The van der Waals surface area contributed by atoms with Crippen molar-refractivity contribution in [1.29, 1.82) is 0 Å². The molecule has 0 spiro atoms. The Hall–Kier alpha value is -1.60. The van der Waals surface area contributed by atoms with E-state index in [1.807, 2.05) is 6.07 Å². The average Bonchev–Trinajstić information content (AvgIpc) is 2.96. The fraction of sp³-hybridized carbons (Fsp3) is 0.462. The number of benzene rings is 1. The molecule has 2 N–H and O–H groups in total. The molecule has 108 valence electrons. The van der Waals surface area contributed by atoms with Crippen molar-refractivity contribution in [1.82, 2.24) is 0 Å². The maximum atomic E-state index is 10.7. The van der Waals surface area contributed by atoms with E-state index < -0.39 is 4.92 Å². The van der Waals surface area contributed by atoms with E-state index in [0.717, 1.165) is 25.0 Å². The van der Waals surface area contributed by atoms with E-state index in [-0.39, 0.29) is 11.8 Å². The van der Waals surface area contributed by atoms with E-state index in [4.69, 9.17) is 10.5 Å². The monoisotopic (exact) mass is 295 g/mol. The zero-order chi connectivity index (χ0) is 14.4. The van der Waals surface area contributed by atoms with Crippen LogP contribution in [0.15, 0.2) is 29.3 Å². The number of hydrogen-bond donors (Lipinski definition) is 1. The predicted molar refractivity (Wildman–Crippen MR) is 79.9 cm³/mol. The quantitative estimate of drug-likeness (QED) is 0.389. The summed E-state index contributed by atoms with van der Waals surface area (Å²) >= 11 is 1.38. The largest absolute Gasteiger partial charge is 0.379 e. The van der Waals surface area contributed by atoms with E-state index in [1.165, 1.54) is 17.8 Å². The molecule has 1 aromatic carbocycles. The first-order valence-electron chi connectivity index (χ1n) is 6.43. The summed E-state index contributed by atoms with van der Waals surface area (Å²) in [6.45, 7) is 1.40. The predicted octanol–water partition coefficient (Wildman–Crippen LogP) is 2.32.